The number of aromatic carboxylic acids is 1. The number of carboxylic acids is 1. The van der Waals surface area contributed by atoms with Gasteiger partial charge in [0, 0.05) is 6.20 Å². The van der Waals surface area contributed by atoms with Crippen LogP contribution in [0.3, 0.4) is 0 Å². The molecule has 0 radical (unpaired) electrons. The van der Waals surface area contributed by atoms with Crippen LogP contribution in [0.1, 0.15) is 21.6 Å². The Bertz CT molecular complexity index is 879. The summed E-state index contributed by atoms with van der Waals surface area (Å²) in [4.78, 5) is 15.3. The highest BCUT2D eigenvalue weighted by Gasteiger charge is 2.11. The van der Waals surface area contributed by atoms with Crippen LogP contribution in [0.5, 0.6) is 0 Å². The highest BCUT2D eigenvalue weighted by atomic mass is 16.4. The maximum Gasteiger partial charge on any atom is 0.335 e. The Morgan fingerprint density at radius 3 is 2.55 bits per heavy atom. The molecule has 110 valence electrons. The molecule has 0 atom stereocenters. The molecule has 0 bridgehead atoms. The number of carbonyl (C=O) groups is 1. The Hall–Kier alpha value is -3.02. The van der Waals surface area contributed by atoms with Crippen molar-refractivity contribution in [2.45, 2.75) is 13.8 Å². The van der Waals surface area contributed by atoms with Crippen molar-refractivity contribution < 1.29 is 9.90 Å². The molecule has 0 aliphatic carbocycles. The molecule has 6 heteroatoms. The van der Waals surface area contributed by atoms with Crippen LogP contribution in [0.4, 0.5) is 11.5 Å². The molecule has 3 aromatic rings. The number of benzene rings is 1. The molecular formula is C16H14N4O2. The smallest absolute Gasteiger partial charge is 0.335 e. The van der Waals surface area contributed by atoms with Crippen LogP contribution >= 0.6 is 0 Å². The number of imidazole rings is 1. The molecule has 2 aromatic heterocycles. The van der Waals surface area contributed by atoms with E-state index >= 15 is 0 Å². The van der Waals surface area contributed by atoms with E-state index in [-0.39, 0.29) is 5.56 Å². The molecule has 0 saturated carbocycles. The fourth-order valence-electron chi connectivity index (χ4n) is 2.12. The summed E-state index contributed by atoms with van der Waals surface area (Å²) in [5.41, 5.74) is 3.33. The Balaban J connectivity index is 2.01. The van der Waals surface area contributed by atoms with Gasteiger partial charge in [-0.25, -0.2) is 9.78 Å². The lowest BCUT2D eigenvalue weighted by molar-refractivity contribution is 0.0697. The van der Waals surface area contributed by atoms with Gasteiger partial charge in [0.2, 0.25) is 0 Å². The monoisotopic (exact) mass is 294 g/mol. The van der Waals surface area contributed by atoms with Crippen LogP contribution < -0.4 is 0 Å². The fourth-order valence-corrected chi connectivity index (χ4v) is 2.12. The molecule has 0 spiro atoms. The Morgan fingerprint density at radius 1 is 1.14 bits per heavy atom. The third-order valence-corrected chi connectivity index (χ3v) is 3.31. The summed E-state index contributed by atoms with van der Waals surface area (Å²) in [5, 5.41) is 17.5. The summed E-state index contributed by atoms with van der Waals surface area (Å²) in [7, 11) is 0. The van der Waals surface area contributed by atoms with Crippen molar-refractivity contribution in [2.24, 2.45) is 10.2 Å². The highest BCUT2D eigenvalue weighted by Crippen LogP contribution is 2.24. The van der Waals surface area contributed by atoms with Gasteiger partial charge in [-0.15, -0.1) is 10.2 Å². The lowest BCUT2D eigenvalue weighted by Gasteiger charge is -1.98. The van der Waals surface area contributed by atoms with E-state index in [1.54, 1.807) is 10.6 Å². The molecule has 2 heterocycles. The number of rotatable bonds is 3. The number of aryl methyl sites for hydroxylation is 2. The molecule has 22 heavy (non-hydrogen) atoms. The molecule has 1 N–H and O–H groups in total. The molecule has 0 unspecified atom stereocenters. The van der Waals surface area contributed by atoms with Gasteiger partial charge >= 0.3 is 5.97 Å². The summed E-state index contributed by atoms with van der Waals surface area (Å²) < 4.78 is 1.72. The lowest BCUT2D eigenvalue weighted by Crippen LogP contribution is -1.97. The minimum Gasteiger partial charge on any atom is -0.478 e. The molecule has 0 saturated heterocycles. The number of fused-ring (bicyclic) bond motifs is 1. The summed E-state index contributed by atoms with van der Waals surface area (Å²) in [5.74, 6) is -0.390. The first kappa shape index (κ1) is 13.9. The predicted octanol–water partition coefficient (Wildman–Crippen LogP) is 4.06. The summed E-state index contributed by atoms with van der Waals surface area (Å²) in [6.07, 6.45) is 1.64. The van der Waals surface area contributed by atoms with E-state index in [1.807, 2.05) is 38.1 Å². The number of hydrogen-bond donors (Lipinski definition) is 1. The van der Waals surface area contributed by atoms with Gasteiger partial charge in [-0.1, -0.05) is 17.7 Å². The zero-order valence-electron chi connectivity index (χ0n) is 12.2. The maximum absolute atomic E-state index is 11.0. The van der Waals surface area contributed by atoms with E-state index < -0.39 is 5.97 Å². The van der Waals surface area contributed by atoms with Gasteiger partial charge in [0.1, 0.15) is 5.65 Å². The fraction of sp³-hybridized carbons (Fsp3) is 0.125. The van der Waals surface area contributed by atoms with Crippen molar-refractivity contribution in [1.29, 1.82) is 0 Å². The summed E-state index contributed by atoms with van der Waals surface area (Å²) in [6.45, 7) is 3.83. The molecule has 0 aliphatic heterocycles. The first-order chi connectivity index (χ1) is 10.5. The molecule has 0 amide bonds. The van der Waals surface area contributed by atoms with Crippen molar-refractivity contribution in [2.75, 3.05) is 0 Å². The third-order valence-electron chi connectivity index (χ3n) is 3.31. The number of nitrogens with zero attached hydrogens (tertiary/aromatic N) is 4. The number of hydrogen-bond acceptors (Lipinski definition) is 4. The molecule has 0 fully saturated rings. The number of carboxylic acid groups (broad SMARTS) is 1. The van der Waals surface area contributed by atoms with Gasteiger partial charge in [-0.05, 0) is 38.1 Å². The molecule has 1 aromatic carbocycles. The zero-order valence-corrected chi connectivity index (χ0v) is 12.2. The van der Waals surface area contributed by atoms with E-state index in [9.17, 15) is 4.79 Å². The number of aromatic nitrogens is 2. The molecule has 6 nitrogen and oxygen atoms in total. The first-order valence-electron chi connectivity index (χ1n) is 6.75. The molecule has 3 rings (SSSR count). The molecule has 0 aliphatic rings. The standard InChI is InChI=1S/C16H14N4O2/c1-10-3-5-13(6-4-10)18-19-15-11(2)17-14-9-12(16(21)22)7-8-20(14)15/h3-9H,1-2H3,(H,21,22). The van der Waals surface area contributed by atoms with Gasteiger partial charge in [-0.3, -0.25) is 4.40 Å². The van der Waals surface area contributed by atoms with Crippen molar-refractivity contribution in [3.05, 3.63) is 59.4 Å². The van der Waals surface area contributed by atoms with Crippen LogP contribution in [0.25, 0.3) is 5.65 Å². The number of pyridine rings is 1. The predicted molar refractivity (Wildman–Crippen MR) is 82.2 cm³/mol. The Morgan fingerprint density at radius 2 is 1.86 bits per heavy atom. The Labute approximate surface area is 126 Å². The van der Waals surface area contributed by atoms with E-state index in [4.69, 9.17) is 5.11 Å². The van der Waals surface area contributed by atoms with Gasteiger partial charge in [-0.2, -0.15) is 0 Å². The van der Waals surface area contributed by atoms with E-state index in [0.717, 1.165) is 11.3 Å². The minimum atomic E-state index is -0.981. The average Bonchev–Trinajstić information content (AvgIpc) is 2.81. The van der Waals surface area contributed by atoms with Crippen molar-refractivity contribution in [3.63, 3.8) is 0 Å². The third kappa shape index (κ3) is 2.58. The van der Waals surface area contributed by atoms with Gasteiger partial charge in [0.25, 0.3) is 0 Å². The lowest BCUT2D eigenvalue weighted by atomic mass is 10.2. The highest BCUT2D eigenvalue weighted by molar-refractivity contribution is 5.88. The van der Waals surface area contributed by atoms with Gasteiger partial charge in [0.05, 0.1) is 16.9 Å². The van der Waals surface area contributed by atoms with E-state index in [2.05, 4.69) is 15.2 Å². The minimum absolute atomic E-state index is 0.194. The largest absolute Gasteiger partial charge is 0.478 e. The normalized spacial score (nSPS) is 11.4. The van der Waals surface area contributed by atoms with Crippen LogP contribution in [-0.4, -0.2) is 20.5 Å². The molecular weight excluding hydrogens is 280 g/mol. The van der Waals surface area contributed by atoms with Gasteiger partial charge in [0.15, 0.2) is 5.82 Å². The van der Waals surface area contributed by atoms with Crippen LogP contribution in [-0.2, 0) is 0 Å². The average molecular weight is 294 g/mol. The van der Waals surface area contributed by atoms with E-state index in [0.29, 0.717) is 17.2 Å². The van der Waals surface area contributed by atoms with Gasteiger partial charge < -0.3 is 5.11 Å². The van der Waals surface area contributed by atoms with Crippen molar-refractivity contribution >= 4 is 23.1 Å². The SMILES string of the molecule is Cc1ccc(N=Nc2c(C)nc3cc(C(=O)O)ccn23)cc1. The van der Waals surface area contributed by atoms with Crippen molar-refractivity contribution in [1.82, 2.24) is 9.38 Å². The maximum atomic E-state index is 11.0. The second-order valence-electron chi connectivity index (χ2n) is 5.01. The van der Waals surface area contributed by atoms with Crippen LogP contribution in [0.2, 0.25) is 0 Å². The van der Waals surface area contributed by atoms with Crippen LogP contribution in [0, 0.1) is 13.8 Å². The zero-order chi connectivity index (χ0) is 15.7. The second kappa shape index (κ2) is 5.40. The first-order valence-corrected chi connectivity index (χ1v) is 6.75. The number of azo groups is 1. The second-order valence-corrected chi connectivity index (χ2v) is 5.01. The van der Waals surface area contributed by atoms with Crippen LogP contribution in [0.15, 0.2) is 52.8 Å². The Kier molecular flexibility index (Phi) is 3.42. The van der Waals surface area contributed by atoms with Crippen molar-refractivity contribution in [3.8, 4) is 0 Å². The quantitative estimate of drug-likeness (QED) is 0.739. The summed E-state index contributed by atoms with van der Waals surface area (Å²) >= 11 is 0. The summed E-state index contributed by atoms with van der Waals surface area (Å²) in [6, 6.07) is 10.7. The van der Waals surface area contributed by atoms with E-state index in [1.165, 1.54) is 12.1 Å². The topological polar surface area (TPSA) is 79.3 Å².